The van der Waals surface area contributed by atoms with Crippen LogP contribution >= 0.6 is 31.9 Å². The molecule has 0 unspecified atom stereocenters. The molecule has 0 saturated carbocycles. The molecule has 17 heavy (non-hydrogen) atoms. The quantitative estimate of drug-likeness (QED) is 0.812. The van der Waals surface area contributed by atoms with Crippen molar-refractivity contribution in [3.05, 3.63) is 44.7 Å². The number of nitrogens with zero attached hydrogens (tertiary/aromatic N) is 2. The smallest absolute Gasteiger partial charge is 0.135 e. The van der Waals surface area contributed by atoms with Crippen LogP contribution in [0.1, 0.15) is 11.4 Å². The monoisotopic (exact) mass is 355 g/mol. The van der Waals surface area contributed by atoms with Crippen molar-refractivity contribution in [2.45, 2.75) is 13.8 Å². The van der Waals surface area contributed by atoms with Crippen LogP contribution in [-0.4, -0.2) is 9.97 Å². The molecule has 0 bridgehead atoms. The predicted molar refractivity (Wildman–Crippen MR) is 76.6 cm³/mol. The van der Waals surface area contributed by atoms with Crippen molar-refractivity contribution in [2.75, 3.05) is 5.32 Å². The first kappa shape index (κ1) is 12.5. The molecule has 5 heteroatoms. The highest BCUT2D eigenvalue weighted by Crippen LogP contribution is 2.23. The van der Waals surface area contributed by atoms with Crippen LogP contribution in [0.5, 0.6) is 0 Å². The SMILES string of the molecule is Cc1nc(Br)cc(Nc2ccc(Br)c(C)c2)n1. The molecule has 1 aromatic heterocycles. The summed E-state index contributed by atoms with van der Waals surface area (Å²) >= 11 is 6.83. The molecule has 0 radical (unpaired) electrons. The Morgan fingerprint density at radius 2 is 1.82 bits per heavy atom. The molecule has 0 aliphatic rings. The van der Waals surface area contributed by atoms with Crippen LogP contribution in [0.15, 0.2) is 33.3 Å². The van der Waals surface area contributed by atoms with Gasteiger partial charge in [-0.15, -0.1) is 0 Å². The summed E-state index contributed by atoms with van der Waals surface area (Å²) < 4.78 is 1.88. The average molecular weight is 357 g/mol. The third-order valence-corrected chi connectivity index (χ3v) is 3.53. The molecule has 1 aromatic carbocycles. The van der Waals surface area contributed by atoms with Gasteiger partial charge in [0.1, 0.15) is 16.2 Å². The summed E-state index contributed by atoms with van der Waals surface area (Å²) in [6.07, 6.45) is 0. The van der Waals surface area contributed by atoms with Gasteiger partial charge in [-0.3, -0.25) is 0 Å². The van der Waals surface area contributed by atoms with Gasteiger partial charge in [0.05, 0.1) is 0 Å². The van der Waals surface area contributed by atoms with E-state index in [-0.39, 0.29) is 0 Å². The Kier molecular flexibility index (Phi) is 3.79. The zero-order valence-corrected chi connectivity index (χ0v) is 12.6. The van der Waals surface area contributed by atoms with E-state index in [2.05, 4.69) is 60.1 Å². The van der Waals surface area contributed by atoms with Crippen molar-refractivity contribution in [1.82, 2.24) is 9.97 Å². The fourth-order valence-corrected chi connectivity index (χ4v) is 2.19. The second kappa shape index (κ2) is 5.14. The van der Waals surface area contributed by atoms with Crippen LogP contribution in [0.25, 0.3) is 0 Å². The average Bonchev–Trinajstić information content (AvgIpc) is 2.22. The Morgan fingerprint density at radius 3 is 2.47 bits per heavy atom. The molecule has 0 aliphatic carbocycles. The van der Waals surface area contributed by atoms with E-state index in [0.717, 1.165) is 26.4 Å². The Balaban J connectivity index is 2.28. The second-order valence-corrected chi connectivity index (χ2v) is 5.38. The van der Waals surface area contributed by atoms with Gasteiger partial charge >= 0.3 is 0 Å². The molecule has 0 amide bonds. The first-order valence-corrected chi connectivity index (χ1v) is 6.67. The van der Waals surface area contributed by atoms with E-state index in [1.807, 2.05) is 25.1 Å². The van der Waals surface area contributed by atoms with Crippen LogP contribution in [0.4, 0.5) is 11.5 Å². The molecular weight excluding hydrogens is 346 g/mol. The molecular formula is C12H11Br2N3. The molecule has 0 fully saturated rings. The lowest BCUT2D eigenvalue weighted by atomic mass is 10.2. The molecule has 0 atom stereocenters. The normalized spacial score (nSPS) is 10.4. The zero-order chi connectivity index (χ0) is 12.4. The molecule has 1 heterocycles. The van der Waals surface area contributed by atoms with E-state index in [0.29, 0.717) is 0 Å². The minimum atomic E-state index is 0.732. The maximum atomic E-state index is 4.32. The molecule has 88 valence electrons. The third-order valence-electron chi connectivity index (χ3n) is 2.24. The fraction of sp³-hybridized carbons (Fsp3) is 0.167. The molecule has 1 N–H and O–H groups in total. The van der Waals surface area contributed by atoms with E-state index in [1.54, 1.807) is 0 Å². The summed E-state index contributed by atoms with van der Waals surface area (Å²) in [6, 6.07) is 7.93. The minimum Gasteiger partial charge on any atom is -0.340 e. The maximum Gasteiger partial charge on any atom is 0.135 e. The van der Waals surface area contributed by atoms with Crippen LogP contribution in [0, 0.1) is 13.8 Å². The molecule has 0 spiro atoms. The van der Waals surface area contributed by atoms with Crippen LogP contribution in [0.3, 0.4) is 0 Å². The van der Waals surface area contributed by atoms with Gasteiger partial charge in [-0.25, -0.2) is 9.97 Å². The number of aryl methyl sites for hydroxylation is 2. The van der Waals surface area contributed by atoms with Crippen LogP contribution < -0.4 is 5.32 Å². The lowest BCUT2D eigenvalue weighted by Gasteiger charge is -2.08. The minimum absolute atomic E-state index is 0.732. The van der Waals surface area contributed by atoms with E-state index < -0.39 is 0 Å². The fourth-order valence-electron chi connectivity index (χ4n) is 1.47. The summed E-state index contributed by atoms with van der Waals surface area (Å²) in [7, 11) is 0. The van der Waals surface area contributed by atoms with Gasteiger partial charge in [-0.1, -0.05) is 15.9 Å². The Bertz CT molecular complexity index is 535. The summed E-state index contributed by atoms with van der Waals surface area (Å²) in [6.45, 7) is 3.92. The second-order valence-electron chi connectivity index (χ2n) is 3.71. The zero-order valence-electron chi connectivity index (χ0n) is 9.46. The molecule has 0 saturated heterocycles. The number of benzene rings is 1. The van der Waals surface area contributed by atoms with Gasteiger partial charge in [-0.2, -0.15) is 0 Å². The number of hydrogen-bond donors (Lipinski definition) is 1. The molecule has 2 rings (SSSR count). The highest BCUT2D eigenvalue weighted by atomic mass is 79.9. The van der Waals surface area contributed by atoms with Gasteiger partial charge in [0.25, 0.3) is 0 Å². The largest absolute Gasteiger partial charge is 0.340 e. The van der Waals surface area contributed by atoms with Crippen LogP contribution in [-0.2, 0) is 0 Å². The van der Waals surface area contributed by atoms with Gasteiger partial charge < -0.3 is 5.32 Å². The van der Waals surface area contributed by atoms with Crippen molar-refractivity contribution in [3.8, 4) is 0 Å². The van der Waals surface area contributed by atoms with Gasteiger partial charge in [-0.05, 0) is 53.5 Å². The third kappa shape index (κ3) is 3.26. The van der Waals surface area contributed by atoms with Crippen molar-refractivity contribution in [3.63, 3.8) is 0 Å². The van der Waals surface area contributed by atoms with Crippen molar-refractivity contribution >= 4 is 43.4 Å². The van der Waals surface area contributed by atoms with Crippen molar-refractivity contribution < 1.29 is 0 Å². The summed E-state index contributed by atoms with van der Waals surface area (Å²) in [5.41, 5.74) is 2.19. The maximum absolute atomic E-state index is 4.32. The van der Waals surface area contributed by atoms with Gasteiger partial charge in [0.2, 0.25) is 0 Å². The number of halogens is 2. The van der Waals surface area contributed by atoms with E-state index in [1.165, 1.54) is 5.56 Å². The van der Waals surface area contributed by atoms with Gasteiger partial charge in [0, 0.05) is 16.2 Å². The van der Waals surface area contributed by atoms with E-state index in [4.69, 9.17) is 0 Å². The Labute approximate surface area is 117 Å². The molecule has 0 aliphatic heterocycles. The summed E-state index contributed by atoms with van der Waals surface area (Å²) in [4.78, 5) is 8.48. The molecule has 3 nitrogen and oxygen atoms in total. The lowest BCUT2D eigenvalue weighted by Crippen LogP contribution is -1.97. The Hall–Kier alpha value is -0.940. The number of nitrogens with one attached hydrogen (secondary N) is 1. The number of aromatic nitrogens is 2. The number of anilines is 2. The summed E-state index contributed by atoms with van der Waals surface area (Å²) in [5, 5.41) is 3.25. The topological polar surface area (TPSA) is 37.8 Å². The molecule has 2 aromatic rings. The lowest BCUT2D eigenvalue weighted by molar-refractivity contribution is 1.04. The Morgan fingerprint density at radius 1 is 1.06 bits per heavy atom. The highest BCUT2D eigenvalue weighted by molar-refractivity contribution is 9.10. The predicted octanol–water partition coefficient (Wildman–Crippen LogP) is 4.36. The van der Waals surface area contributed by atoms with E-state index in [9.17, 15) is 0 Å². The first-order chi connectivity index (χ1) is 8.04. The van der Waals surface area contributed by atoms with Gasteiger partial charge in [0.15, 0.2) is 0 Å². The first-order valence-electron chi connectivity index (χ1n) is 5.09. The number of rotatable bonds is 2. The highest BCUT2D eigenvalue weighted by Gasteiger charge is 2.01. The van der Waals surface area contributed by atoms with Crippen molar-refractivity contribution in [2.24, 2.45) is 0 Å². The van der Waals surface area contributed by atoms with Crippen LogP contribution in [0.2, 0.25) is 0 Å². The van der Waals surface area contributed by atoms with Crippen molar-refractivity contribution in [1.29, 1.82) is 0 Å². The summed E-state index contributed by atoms with van der Waals surface area (Å²) in [5.74, 6) is 1.52. The number of hydrogen-bond acceptors (Lipinski definition) is 3. The van der Waals surface area contributed by atoms with E-state index >= 15 is 0 Å². The standard InChI is InChI=1S/C12H11Br2N3/c1-7-5-9(3-4-10(7)13)17-12-6-11(14)15-8(2)16-12/h3-6H,1-2H3,(H,15,16,17).